The summed E-state index contributed by atoms with van der Waals surface area (Å²) in [7, 11) is 1.64. The van der Waals surface area contributed by atoms with Crippen LogP contribution in [0.5, 0.6) is 0 Å². The Bertz CT molecular complexity index is 540. The standard InChI is InChI=1S/C18H29IN2O4/c1-12(2)15(17(24)25-18(3,4)5)20(6)16(23)13-8-10-21(11-13)14(22)7-9-19/h7,9,12-13,15H,8,10-11H2,1-6H3/b9-7+/t13-,15?/m0/s1. The van der Waals surface area contributed by atoms with E-state index in [1.54, 1.807) is 16.0 Å². The summed E-state index contributed by atoms with van der Waals surface area (Å²) in [6.07, 6.45) is 2.11. The molecule has 6 nitrogen and oxygen atoms in total. The summed E-state index contributed by atoms with van der Waals surface area (Å²) in [4.78, 5) is 40.5. The Labute approximate surface area is 164 Å². The van der Waals surface area contributed by atoms with Gasteiger partial charge in [-0.05, 0) is 37.2 Å². The van der Waals surface area contributed by atoms with Gasteiger partial charge >= 0.3 is 5.97 Å². The number of likely N-dealkylation sites (N-methyl/N-ethyl adjacent to an activating group) is 1. The molecule has 1 aliphatic rings. The minimum Gasteiger partial charge on any atom is -0.458 e. The maximum Gasteiger partial charge on any atom is 0.329 e. The van der Waals surface area contributed by atoms with E-state index in [9.17, 15) is 14.4 Å². The van der Waals surface area contributed by atoms with Crippen LogP contribution in [-0.2, 0) is 19.1 Å². The van der Waals surface area contributed by atoms with Crippen LogP contribution in [-0.4, -0.2) is 59.4 Å². The second-order valence-corrected chi connectivity index (χ2v) is 8.45. The van der Waals surface area contributed by atoms with Crippen LogP contribution in [0.1, 0.15) is 41.0 Å². The molecule has 1 saturated heterocycles. The van der Waals surface area contributed by atoms with E-state index in [0.29, 0.717) is 19.5 Å². The summed E-state index contributed by atoms with van der Waals surface area (Å²) in [5.74, 6) is -0.930. The monoisotopic (exact) mass is 464 g/mol. The molecule has 0 aromatic carbocycles. The van der Waals surface area contributed by atoms with E-state index >= 15 is 0 Å². The molecule has 0 saturated carbocycles. The highest BCUT2D eigenvalue weighted by Gasteiger charge is 2.38. The first kappa shape index (κ1) is 21.9. The van der Waals surface area contributed by atoms with Crippen LogP contribution >= 0.6 is 22.6 Å². The molecule has 2 atom stereocenters. The smallest absolute Gasteiger partial charge is 0.329 e. The van der Waals surface area contributed by atoms with Crippen molar-refractivity contribution in [3.05, 3.63) is 10.2 Å². The van der Waals surface area contributed by atoms with Crippen molar-refractivity contribution in [2.24, 2.45) is 11.8 Å². The van der Waals surface area contributed by atoms with Crippen LogP contribution in [0.2, 0.25) is 0 Å². The largest absolute Gasteiger partial charge is 0.458 e. The van der Waals surface area contributed by atoms with Crippen molar-refractivity contribution >= 4 is 40.4 Å². The number of rotatable bonds is 5. The summed E-state index contributed by atoms with van der Waals surface area (Å²) in [5.41, 5.74) is -0.601. The number of hydrogen-bond acceptors (Lipinski definition) is 4. The molecule has 142 valence electrons. The summed E-state index contributed by atoms with van der Waals surface area (Å²) in [6.45, 7) is 10.2. The van der Waals surface area contributed by atoms with Crippen molar-refractivity contribution in [2.75, 3.05) is 20.1 Å². The Morgan fingerprint density at radius 1 is 1.28 bits per heavy atom. The van der Waals surface area contributed by atoms with Gasteiger partial charge < -0.3 is 14.5 Å². The minimum atomic E-state index is -0.634. The molecule has 0 bridgehead atoms. The van der Waals surface area contributed by atoms with Crippen molar-refractivity contribution in [1.82, 2.24) is 9.80 Å². The number of nitrogens with zero attached hydrogens (tertiary/aromatic N) is 2. The molecule has 1 unspecified atom stereocenters. The highest BCUT2D eigenvalue weighted by Crippen LogP contribution is 2.23. The molecule has 0 aromatic rings. The van der Waals surface area contributed by atoms with E-state index in [1.165, 1.54) is 11.0 Å². The first-order chi connectivity index (χ1) is 11.5. The second kappa shape index (κ2) is 9.00. The number of ether oxygens (including phenoxy) is 1. The summed E-state index contributed by atoms with van der Waals surface area (Å²) in [6, 6.07) is -0.634. The molecular formula is C18H29IN2O4. The molecule has 25 heavy (non-hydrogen) atoms. The fourth-order valence-electron chi connectivity index (χ4n) is 2.99. The number of esters is 1. The lowest BCUT2D eigenvalue weighted by Gasteiger charge is -2.33. The average molecular weight is 464 g/mol. The zero-order valence-corrected chi connectivity index (χ0v) is 18.1. The van der Waals surface area contributed by atoms with Gasteiger partial charge in [0.15, 0.2) is 0 Å². The zero-order valence-electron chi connectivity index (χ0n) is 15.9. The topological polar surface area (TPSA) is 66.9 Å². The molecule has 1 fully saturated rings. The number of hydrogen-bond donors (Lipinski definition) is 0. The number of carbonyl (C=O) groups excluding carboxylic acids is 3. The highest BCUT2D eigenvalue weighted by molar-refractivity contribution is 14.1. The zero-order chi connectivity index (χ0) is 19.4. The van der Waals surface area contributed by atoms with Crippen molar-refractivity contribution in [1.29, 1.82) is 0 Å². The lowest BCUT2D eigenvalue weighted by molar-refractivity contribution is -0.166. The lowest BCUT2D eigenvalue weighted by Crippen LogP contribution is -2.50. The molecule has 0 aromatic heterocycles. The van der Waals surface area contributed by atoms with Crippen LogP contribution in [0.4, 0.5) is 0 Å². The Balaban J connectivity index is 2.81. The van der Waals surface area contributed by atoms with Gasteiger partial charge in [-0.3, -0.25) is 9.59 Å². The van der Waals surface area contributed by atoms with Gasteiger partial charge in [0.25, 0.3) is 0 Å². The van der Waals surface area contributed by atoms with E-state index in [4.69, 9.17) is 4.74 Å². The summed E-state index contributed by atoms with van der Waals surface area (Å²) < 4.78 is 7.14. The van der Waals surface area contributed by atoms with Gasteiger partial charge in [-0.1, -0.05) is 36.4 Å². The summed E-state index contributed by atoms with van der Waals surface area (Å²) >= 11 is 2.00. The Morgan fingerprint density at radius 2 is 1.88 bits per heavy atom. The summed E-state index contributed by atoms with van der Waals surface area (Å²) in [5, 5.41) is 0. The molecule has 1 heterocycles. The minimum absolute atomic E-state index is 0.0649. The molecule has 7 heteroatoms. The molecule has 0 radical (unpaired) electrons. The molecular weight excluding hydrogens is 435 g/mol. The van der Waals surface area contributed by atoms with Crippen LogP contribution in [0.25, 0.3) is 0 Å². The van der Waals surface area contributed by atoms with Gasteiger partial charge in [0, 0.05) is 26.2 Å². The van der Waals surface area contributed by atoms with E-state index in [1.807, 2.05) is 57.2 Å². The number of halogens is 1. The number of carbonyl (C=O) groups is 3. The normalized spacial score (nSPS) is 19.4. The van der Waals surface area contributed by atoms with Gasteiger partial charge in [0.1, 0.15) is 11.6 Å². The molecule has 0 spiro atoms. The maximum absolute atomic E-state index is 12.8. The Morgan fingerprint density at radius 3 is 2.36 bits per heavy atom. The van der Waals surface area contributed by atoms with Crippen molar-refractivity contribution < 1.29 is 19.1 Å². The van der Waals surface area contributed by atoms with E-state index in [0.717, 1.165) is 0 Å². The highest BCUT2D eigenvalue weighted by atomic mass is 127. The third-order valence-corrected chi connectivity index (χ3v) is 4.46. The van der Waals surface area contributed by atoms with Crippen LogP contribution in [0, 0.1) is 11.8 Å². The fourth-order valence-corrected chi connectivity index (χ4v) is 3.29. The van der Waals surface area contributed by atoms with Gasteiger partial charge in [-0.25, -0.2) is 4.79 Å². The first-order valence-corrected chi connectivity index (χ1v) is 9.77. The van der Waals surface area contributed by atoms with Crippen molar-refractivity contribution in [3.63, 3.8) is 0 Å². The molecule has 0 aliphatic carbocycles. The number of likely N-dealkylation sites (tertiary alicyclic amines) is 1. The molecule has 2 amide bonds. The Hall–Kier alpha value is -1.12. The van der Waals surface area contributed by atoms with E-state index in [-0.39, 0.29) is 23.7 Å². The fraction of sp³-hybridized carbons (Fsp3) is 0.722. The van der Waals surface area contributed by atoms with Crippen LogP contribution in [0.3, 0.4) is 0 Å². The van der Waals surface area contributed by atoms with Crippen LogP contribution in [0.15, 0.2) is 10.2 Å². The SMILES string of the molecule is CC(C)C(C(=O)OC(C)(C)C)N(C)C(=O)[C@H]1CCN(C(=O)/C=C/I)C1. The van der Waals surface area contributed by atoms with Crippen LogP contribution < -0.4 is 0 Å². The predicted molar refractivity (Wildman–Crippen MR) is 105 cm³/mol. The van der Waals surface area contributed by atoms with Crippen molar-refractivity contribution in [2.45, 2.75) is 52.7 Å². The average Bonchev–Trinajstić information content (AvgIpc) is 2.94. The van der Waals surface area contributed by atoms with Crippen molar-refractivity contribution in [3.8, 4) is 0 Å². The van der Waals surface area contributed by atoms with E-state index < -0.39 is 17.6 Å². The third kappa shape index (κ3) is 6.27. The maximum atomic E-state index is 12.8. The van der Waals surface area contributed by atoms with Gasteiger partial charge in [0.05, 0.1) is 5.92 Å². The predicted octanol–water partition coefficient (Wildman–Crippen LogP) is 2.61. The second-order valence-electron chi connectivity index (χ2n) is 7.73. The number of amides is 2. The molecule has 1 rings (SSSR count). The van der Waals surface area contributed by atoms with Gasteiger partial charge in [-0.15, -0.1) is 0 Å². The molecule has 0 N–H and O–H groups in total. The van der Waals surface area contributed by atoms with Gasteiger partial charge in [-0.2, -0.15) is 0 Å². The lowest BCUT2D eigenvalue weighted by atomic mass is 9.99. The quantitative estimate of drug-likeness (QED) is 0.357. The van der Waals surface area contributed by atoms with Gasteiger partial charge in [0.2, 0.25) is 11.8 Å². The first-order valence-electron chi connectivity index (χ1n) is 8.53. The Kier molecular flexibility index (Phi) is 7.89. The molecule has 1 aliphatic heterocycles. The van der Waals surface area contributed by atoms with E-state index in [2.05, 4.69) is 0 Å². The third-order valence-electron chi connectivity index (χ3n) is 4.10.